The summed E-state index contributed by atoms with van der Waals surface area (Å²) in [6, 6.07) is 0. The lowest BCUT2D eigenvalue weighted by atomic mass is 9.45. The molecule has 4 fully saturated rings. The number of allylic oxidation sites excluding steroid dienone is 2. The van der Waals surface area contributed by atoms with Crippen LogP contribution in [-0.2, 0) is 61.7 Å². The Kier molecular flexibility index (Phi) is 46.2. The summed E-state index contributed by atoms with van der Waals surface area (Å²) in [5.41, 5.74) is -0.144. The van der Waals surface area contributed by atoms with E-state index in [2.05, 4.69) is 41.4 Å². The molecular formula is C55H110O16. The van der Waals surface area contributed by atoms with Crippen molar-refractivity contribution in [1.82, 2.24) is 0 Å². The van der Waals surface area contributed by atoms with Gasteiger partial charge in [0.25, 0.3) is 0 Å². The van der Waals surface area contributed by atoms with E-state index in [1.54, 1.807) is 90.8 Å². The predicted octanol–water partition coefficient (Wildman–Crippen LogP) is 9.18. The maximum absolute atomic E-state index is 13.1. The molecule has 16 heteroatoms. The number of aliphatic hydroxyl groups is 3. The highest BCUT2D eigenvalue weighted by Gasteiger charge is 2.71. The van der Waals surface area contributed by atoms with Gasteiger partial charge in [0.15, 0.2) is 6.29 Å². The molecule has 5 rings (SSSR count). The van der Waals surface area contributed by atoms with Crippen LogP contribution in [0, 0.1) is 28.6 Å². The van der Waals surface area contributed by atoms with Crippen LogP contribution in [0.1, 0.15) is 148 Å². The lowest BCUT2D eigenvalue weighted by molar-refractivity contribution is -0.270. The average Bonchev–Trinajstić information content (AvgIpc) is 3.67. The molecule has 1 aliphatic heterocycles. The topological polar surface area (TPSA) is 196 Å². The fourth-order valence-corrected chi connectivity index (χ4v) is 9.81. The van der Waals surface area contributed by atoms with Crippen molar-refractivity contribution in [1.29, 1.82) is 0 Å². The Labute approximate surface area is 433 Å². The fourth-order valence-electron chi connectivity index (χ4n) is 9.81. The van der Waals surface area contributed by atoms with Gasteiger partial charge in [0.2, 0.25) is 0 Å². The number of carbonyl (C=O) groups excluding carboxylic acids is 2. The van der Waals surface area contributed by atoms with Crippen LogP contribution < -0.4 is 0 Å². The molecule has 5 aliphatic rings. The van der Waals surface area contributed by atoms with Crippen LogP contribution in [0.2, 0.25) is 0 Å². The number of fused-ring (bicyclic) bond motifs is 5. The minimum atomic E-state index is -1.08. The largest absolute Gasteiger partial charge is 0.458 e. The van der Waals surface area contributed by atoms with Crippen LogP contribution in [0.15, 0.2) is 23.3 Å². The van der Waals surface area contributed by atoms with Gasteiger partial charge in [-0.15, -0.1) is 0 Å². The van der Waals surface area contributed by atoms with E-state index in [-0.39, 0.29) is 71.7 Å². The highest BCUT2D eigenvalue weighted by molar-refractivity contribution is 5.88. The van der Waals surface area contributed by atoms with Gasteiger partial charge in [-0.05, 0) is 124 Å². The second-order valence-corrected chi connectivity index (χ2v) is 18.2. The van der Waals surface area contributed by atoms with Gasteiger partial charge in [0.1, 0.15) is 24.8 Å². The first kappa shape index (κ1) is 75.6. The Hall–Kier alpha value is -1.90. The molecule has 0 aromatic carbocycles. The van der Waals surface area contributed by atoms with Gasteiger partial charge in [-0.3, -0.25) is 4.79 Å². The number of hydrogen-bond donors (Lipinski definition) is 3. The van der Waals surface area contributed by atoms with Crippen molar-refractivity contribution in [2.75, 3.05) is 97.7 Å². The molecular weight excluding hydrogens is 917 g/mol. The smallest absolute Gasteiger partial charge is 0.333 e. The second-order valence-electron chi connectivity index (χ2n) is 18.2. The van der Waals surface area contributed by atoms with E-state index in [4.69, 9.17) is 33.9 Å². The minimum Gasteiger partial charge on any atom is -0.458 e. The predicted molar refractivity (Wildman–Crippen MR) is 283 cm³/mol. The number of Topliss-reactive ketones (excluding diaryl/α,β-unsaturated/α-hetero) is 1. The summed E-state index contributed by atoms with van der Waals surface area (Å²) < 4.78 is 57.1. The number of esters is 1. The first-order chi connectivity index (χ1) is 33.7. The molecule has 3 N–H and O–H groups in total. The summed E-state index contributed by atoms with van der Waals surface area (Å²) in [4.78, 5) is 26.0. The Bertz CT molecular complexity index is 1340. The summed E-state index contributed by atoms with van der Waals surface area (Å²) in [7, 11) is 15.9. The average molecular weight is 1030 g/mol. The number of carbonyl (C=O) groups is 2. The molecule has 13 atom stereocenters. The third-order valence-electron chi connectivity index (χ3n) is 14.0. The summed E-state index contributed by atoms with van der Waals surface area (Å²) in [6.07, 6.45) is 9.46. The standard InChI is InChI=1S/C34H52O8.C4H10O.C3H8O2.3C3H8O.C2H6O.C2H6.CH4O/c1-9-19(2)31(36)42-28-17-26-25(34(37)15-13-24(20(3)35)33(28,34)6)11-10-22-16-23(12-14-32(22,26)5)41-29-18-27(38-7)30(39-8)21(4)40-29;1-3-4(2)5;1-4-3-5-2;3*1-3-4-2;1-3-2;2*1-2/h9-10,21,23-30,37H,11-18H2,1-8H3;4-5H,3H2,1-2H3;3H2,1-2H3;3*3H2,1-2H3;1-2H3;1-2H3;2H,1H3/b19-9+;;;;;;;;. The molecule has 0 amide bonds. The van der Waals surface area contributed by atoms with E-state index in [0.717, 1.165) is 59.0 Å². The third-order valence-corrected chi connectivity index (χ3v) is 14.0. The van der Waals surface area contributed by atoms with Gasteiger partial charge in [0.05, 0.1) is 30.0 Å². The van der Waals surface area contributed by atoms with Gasteiger partial charge in [-0.1, -0.05) is 52.3 Å². The molecule has 1 heterocycles. The maximum Gasteiger partial charge on any atom is 0.333 e. The quantitative estimate of drug-likeness (QED) is 0.0683. The molecule has 0 aromatic heterocycles. The molecule has 1 saturated heterocycles. The van der Waals surface area contributed by atoms with Gasteiger partial charge < -0.3 is 67.4 Å². The Balaban J connectivity index is -0.000000637. The van der Waals surface area contributed by atoms with E-state index in [1.165, 1.54) is 5.57 Å². The Morgan fingerprint density at radius 2 is 1.31 bits per heavy atom. The highest BCUT2D eigenvalue weighted by Crippen LogP contribution is 2.68. The summed E-state index contributed by atoms with van der Waals surface area (Å²) >= 11 is 0. The lowest BCUT2D eigenvalue weighted by Gasteiger charge is -2.63. The molecule has 426 valence electrons. The number of ketones is 1. The number of methoxy groups -OCH3 is 8. The van der Waals surface area contributed by atoms with Crippen molar-refractivity contribution in [2.24, 2.45) is 28.6 Å². The first-order valence-electron chi connectivity index (χ1n) is 25.8. The van der Waals surface area contributed by atoms with Crippen molar-refractivity contribution in [3.63, 3.8) is 0 Å². The second kappa shape index (κ2) is 43.4. The fraction of sp³-hybridized carbons (Fsp3) is 0.891. The Morgan fingerprint density at radius 1 is 0.817 bits per heavy atom. The van der Waals surface area contributed by atoms with Crippen LogP contribution in [0.4, 0.5) is 0 Å². The van der Waals surface area contributed by atoms with Crippen molar-refractivity contribution in [2.45, 2.75) is 196 Å². The van der Waals surface area contributed by atoms with Crippen LogP contribution in [0.3, 0.4) is 0 Å². The minimum absolute atomic E-state index is 0.00630. The molecule has 0 spiro atoms. The normalized spacial score (nSPS) is 31.2. The zero-order chi connectivity index (χ0) is 56.0. The summed E-state index contributed by atoms with van der Waals surface area (Å²) in [5.74, 6) is -0.484. The summed E-state index contributed by atoms with van der Waals surface area (Å²) in [6.45, 7) is 28.0. The van der Waals surface area contributed by atoms with Crippen LogP contribution in [0.25, 0.3) is 0 Å². The Morgan fingerprint density at radius 3 is 1.69 bits per heavy atom. The van der Waals surface area contributed by atoms with E-state index in [1.807, 2.05) is 62.3 Å². The van der Waals surface area contributed by atoms with Crippen LogP contribution >= 0.6 is 0 Å². The SMILES string of the molecule is C/C=C(\C)C(=O)OC1CC2C(CC=C3CC(OC4CC(OC)C(OC)C(C)O4)CCC32C)C2(O)CCC(C(C)=O)C12C.CC.CCC(C)O.CCOC.CCOC.CCOC.CO.COC.COCOC. The highest BCUT2D eigenvalue weighted by atomic mass is 16.7. The zero-order valence-electron chi connectivity index (χ0n) is 49.3. The molecule has 0 radical (unpaired) electrons. The van der Waals surface area contributed by atoms with E-state index < -0.39 is 17.1 Å². The summed E-state index contributed by atoms with van der Waals surface area (Å²) in [5, 5.41) is 28.0. The monoisotopic (exact) mass is 1030 g/mol. The number of ether oxygens (including phenoxy) is 11. The molecule has 71 heavy (non-hydrogen) atoms. The number of hydrogen-bond acceptors (Lipinski definition) is 16. The van der Waals surface area contributed by atoms with E-state index in [0.29, 0.717) is 38.0 Å². The first-order valence-corrected chi connectivity index (χ1v) is 25.8. The molecule has 0 aromatic rings. The van der Waals surface area contributed by atoms with Crippen molar-refractivity contribution < 1.29 is 77.0 Å². The molecule has 0 bridgehead atoms. The molecule has 16 nitrogen and oxygen atoms in total. The van der Waals surface area contributed by atoms with E-state index in [9.17, 15) is 14.7 Å². The van der Waals surface area contributed by atoms with Crippen molar-refractivity contribution >= 4 is 11.8 Å². The molecule has 3 saturated carbocycles. The van der Waals surface area contributed by atoms with Crippen molar-refractivity contribution in [3.05, 3.63) is 23.3 Å². The number of rotatable bonds is 13. The molecule has 13 unspecified atom stereocenters. The van der Waals surface area contributed by atoms with Gasteiger partial charge in [-0.25, -0.2) is 4.79 Å². The number of aliphatic hydroxyl groups excluding tert-OH is 2. The molecule has 4 aliphatic carbocycles. The van der Waals surface area contributed by atoms with Crippen molar-refractivity contribution in [3.8, 4) is 0 Å². The van der Waals surface area contributed by atoms with Gasteiger partial charge in [-0.2, -0.15) is 0 Å². The third kappa shape index (κ3) is 24.1. The maximum atomic E-state index is 13.1. The van der Waals surface area contributed by atoms with Crippen LogP contribution in [0.5, 0.6) is 0 Å². The van der Waals surface area contributed by atoms with Gasteiger partial charge >= 0.3 is 5.97 Å². The van der Waals surface area contributed by atoms with Gasteiger partial charge in [0, 0.05) is 114 Å². The zero-order valence-corrected chi connectivity index (χ0v) is 49.3. The van der Waals surface area contributed by atoms with E-state index >= 15 is 0 Å². The van der Waals surface area contributed by atoms with Crippen LogP contribution in [-0.4, -0.2) is 173 Å². The lowest BCUT2D eigenvalue weighted by Crippen LogP contribution is -2.66.